The number of hydrogen-bond acceptors (Lipinski definition) is 3. The molecule has 1 aromatic heterocycles. The van der Waals surface area contributed by atoms with Gasteiger partial charge < -0.3 is 10.3 Å². The van der Waals surface area contributed by atoms with Crippen molar-refractivity contribution in [1.29, 1.82) is 0 Å². The van der Waals surface area contributed by atoms with Gasteiger partial charge >= 0.3 is 0 Å². The van der Waals surface area contributed by atoms with Crippen LogP contribution in [0, 0.1) is 12.8 Å². The summed E-state index contributed by atoms with van der Waals surface area (Å²) in [6.45, 7) is 13.6. The van der Waals surface area contributed by atoms with E-state index in [0.717, 1.165) is 22.6 Å². The summed E-state index contributed by atoms with van der Waals surface area (Å²) in [6.07, 6.45) is 6.61. The molecule has 1 aliphatic rings. The number of carbonyl (C=O) groups is 1. The average Bonchev–Trinajstić information content (AvgIpc) is 3.03. The van der Waals surface area contributed by atoms with Crippen LogP contribution in [0.2, 0.25) is 0 Å². The van der Waals surface area contributed by atoms with E-state index in [1.807, 2.05) is 13.8 Å². The van der Waals surface area contributed by atoms with Gasteiger partial charge in [-0.25, -0.2) is 0 Å². The molecule has 0 saturated heterocycles. The third-order valence-electron chi connectivity index (χ3n) is 7.05. The summed E-state index contributed by atoms with van der Waals surface area (Å²) in [5, 5.41) is 6.02. The minimum absolute atomic E-state index is 0.0419. The minimum atomic E-state index is -0.739. The third-order valence-corrected chi connectivity index (χ3v) is 7.71. The zero-order chi connectivity index (χ0) is 23.0. The van der Waals surface area contributed by atoms with Gasteiger partial charge in [-0.05, 0) is 91.8 Å². The number of hydrogen-bond donors (Lipinski definition) is 2. The molecule has 0 atom stereocenters. The fraction of sp³-hybridized carbons (Fsp3) is 0.577. The molecule has 1 aromatic carbocycles. The number of benzene rings is 1. The van der Waals surface area contributed by atoms with E-state index in [4.69, 9.17) is 10.9 Å². The molecule has 1 saturated carbocycles. The van der Waals surface area contributed by atoms with Crippen LogP contribution >= 0.6 is 11.9 Å². The van der Waals surface area contributed by atoms with E-state index >= 15 is 0 Å². The fourth-order valence-electron chi connectivity index (χ4n) is 4.55. The first-order valence-electron chi connectivity index (χ1n) is 11.5. The van der Waals surface area contributed by atoms with Crippen LogP contribution in [0.1, 0.15) is 83.5 Å². The number of rotatable bonds is 6. The van der Waals surface area contributed by atoms with Gasteiger partial charge in [0, 0.05) is 22.8 Å². The highest BCUT2D eigenvalue weighted by molar-refractivity contribution is 7.97. The second kappa shape index (κ2) is 9.03. The van der Waals surface area contributed by atoms with Gasteiger partial charge in [-0.2, -0.15) is 0 Å². The van der Waals surface area contributed by atoms with Gasteiger partial charge in [0.2, 0.25) is 5.91 Å². The molecule has 31 heavy (non-hydrogen) atoms. The lowest BCUT2D eigenvalue weighted by molar-refractivity contribution is -0.122. The Morgan fingerprint density at radius 3 is 2.19 bits per heavy atom. The Hall–Kier alpha value is -1.72. The zero-order valence-electron chi connectivity index (χ0n) is 20.0. The van der Waals surface area contributed by atoms with Gasteiger partial charge in [0.25, 0.3) is 0 Å². The van der Waals surface area contributed by atoms with E-state index in [1.54, 1.807) is 0 Å². The molecule has 1 heterocycles. The smallest absolute Gasteiger partial charge is 0.227 e. The van der Waals surface area contributed by atoms with Crippen LogP contribution in [0.3, 0.4) is 0 Å². The normalized spacial score (nSPS) is 16.0. The van der Waals surface area contributed by atoms with Gasteiger partial charge in [-0.15, -0.1) is 0 Å². The van der Waals surface area contributed by atoms with Crippen LogP contribution in [-0.4, -0.2) is 10.5 Å². The van der Waals surface area contributed by atoms with Crippen molar-refractivity contribution < 1.29 is 4.79 Å². The lowest BCUT2D eigenvalue weighted by atomic mass is 9.78. The Balaban J connectivity index is 2.18. The zero-order valence-corrected chi connectivity index (χ0v) is 20.9. The monoisotopic (exact) mass is 441 g/mol. The van der Waals surface area contributed by atoms with Gasteiger partial charge in [-0.3, -0.25) is 9.93 Å². The molecule has 1 fully saturated rings. The molecule has 0 spiro atoms. The van der Waals surface area contributed by atoms with Crippen molar-refractivity contribution in [3.05, 3.63) is 41.1 Å². The molecule has 2 aromatic rings. The number of nitrogens with two attached hydrogens (primary N) is 2. The molecule has 0 radical (unpaired) electrons. The second-order valence-corrected chi connectivity index (χ2v) is 11.4. The summed E-state index contributed by atoms with van der Waals surface area (Å²) in [5.41, 5.74) is 10.7. The Bertz CT molecular complexity index is 946. The molecule has 0 unspecified atom stereocenters. The van der Waals surface area contributed by atoms with Crippen molar-refractivity contribution in [1.82, 2.24) is 4.57 Å². The summed E-state index contributed by atoms with van der Waals surface area (Å²) in [7, 11) is 0. The van der Waals surface area contributed by atoms with E-state index in [2.05, 4.69) is 56.5 Å². The van der Waals surface area contributed by atoms with Gasteiger partial charge in [0.15, 0.2) is 0 Å². The predicted octanol–water partition coefficient (Wildman–Crippen LogP) is 6.07. The highest BCUT2D eigenvalue weighted by atomic mass is 32.2. The quantitative estimate of drug-likeness (QED) is 0.534. The Labute approximate surface area is 192 Å². The van der Waals surface area contributed by atoms with Crippen LogP contribution in [0.5, 0.6) is 0 Å². The molecule has 4 N–H and O–H groups in total. The van der Waals surface area contributed by atoms with Crippen LogP contribution in [-0.2, 0) is 22.2 Å². The predicted molar refractivity (Wildman–Crippen MR) is 132 cm³/mol. The van der Waals surface area contributed by atoms with Crippen molar-refractivity contribution in [3.63, 3.8) is 0 Å². The minimum Gasteiger partial charge on any atom is -0.369 e. The number of aromatic nitrogens is 1. The third kappa shape index (κ3) is 5.04. The maximum absolute atomic E-state index is 12.3. The van der Waals surface area contributed by atoms with Crippen molar-refractivity contribution >= 4 is 17.9 Å². The van der Waals surface area contributed by atoms with Gasteiger partial charge in [0.05, 0.1) is 5.41 Å². The fourth-order valence-corrected chi connectivity index (χ4v) is 5.01. The first-order valence-corrected chi connectivity index (χ1v) is 12.4. The van der Waals surface area contributed by atoms with Crippen molar-refractivity contribution in [2.75, 3.05) is 0 Å². The Morgan fingerprint density at radius 2 is 1.65 bits per heavy atom. The SMILES string of the molecule is Cc1c(SN)cc(-c2cc(C(C)(C)C)cc(C(C)(C)C(N)=O)c2)n1CC1CCCCC1. The summed E-state index contributed by atoms with van der Waals surface area (Å²) < 4.78 is 2.45. The summed E-state index contributed by atoms with van der Waals surface area (Å²) >= 11 is 1.32. The molecule has 1 aliphatic carbocycles. The standard InChI is InChI=1S/C26H39N3OS/c1-17-23(31-28)15-22(29(17)16-18-10-8-7-9-11-18)19-12-20(25(2,3)4)14-21(13-19)26(5,6)24(27)30/h12-15,18H,7-11,16,28H2,1-6H3,(H2,27,30). The first-order chi connectivity index (χ1) is 14.4. The van der Waals surface area contributed by atoms with E-state index in [-0.39, 0.29) is 11.3 Å². The maximum atomic E-state index is 12.3. The lowest BCUT2D eigenvalue weighted by Gasteiger charge is -2.28. The number of primary amides is 1. The Morgan fingerprint density at radius 1 is 1.03 bits per heavy atom. The first kappa shape index (κ1) is 23.9. The molecule has 5 heteroatoms. The lowest BCUT2D eigenvalue weighted by Crippen LogP contribution is -2.35. The highest BCUT2D eigenvalue weighted by Crippen LogP contribution is 2.38. The summed E-state index contributed by atoms with van der Waals surface area (Å²) in [5.74, 6) is 0.401. The molecule has 4 nitrogen and oxygen atoms in total. The molecular weight excluding hydrogens is 402 g/mol. The number of nitrogens with zero attached hydrogens (tertiary/aromatic N) is 1. The van der Waals surface area contributed by atoms with Crippen molar-refractivity contribution in [2.45, 2.75) is 95.9 Å². The molecule has 1 amide bonds. The summed E-state index contributed by atoms with van der Waals surface area (Å²) in [6, 6.07) is 8.79. The van der Waals surface area contributed by atoms with E-state index in [0.29, 0.717) is 5.92 Å². The molecule has 3 rings (SSSR count). The van der Waals surface area contributed by atoms with Crippen LogP contribution in [0.15, 0.2) is 29.2 Å². The molecular formula is C26H39N3OS. The van der Waals surface area contributed by atoms with E-state index in [9.17, 15) is 4.79 Å². The average molecular weight is 442 g/mol. The van der Waals surface area contributed by atoms with Crippen LogP contribution in [0.25, 0.3) is 11.3 Å². The van der Waals surface area contributed by atoms with E-state index < -0.39 is 5.41 Å². The maximum Gasteiger partial charge on any atom is 0.227 e. The van der Waals surface area contributed by atoms with Gasteiger partial charge in [0.1, 0.15) is 0 Å². The molecule has 170 valence electrons. The number of carbonyl (C=O) groups excluding carboxylic acids is 1. The van der Waals surface area contributed by atoms with Crippen LogP contribution < -0.4 is 10.9 Å². The van der Waals surface area contributed by atoms with E-state index in [1.165, 1.54) is 61.0 Å². The Kier molecular flexibility index (Phi) is 6.97. The van der Waals surface area contributed by atoms with Crippen molar-refractivity contribution in [3.8, 4) is 11.3 Å². The largest absolute Gasteiger partial charge is 0.369 e. The van der Waals surface area contributed by atoms with Gasteiger partial charge in [-0.1, -0.05) is 46.1 Å². The molecule has 0 bridgehead atoms. The summed E-state index contributed by atoms with van der Waals surface area (Å²) in [4.78, 5) is 13.4. The van der Waals surface area contributed by atoms with Crippen LogP contribution in [0.4, 0.5) is 0 Å². The number of amides is 1. The van der Waals surface area contributed by atoms with Crippen molar-refractivity contribution in [2.24, 2.45) is 16.8 Å². The second-order valence-electron chi connectivity index (χ2n) is 10.8. The topological polar surface area (TPSA) is 74.0 Å². The highest BCUT2D eigenvalue weighted by Gasteiger charge is 2.30. The molecule has 0 aliphatic heterocycles.